The molecule has 1 saturated heterocycles. The Bertz CT molecular complexity index is 1540. The Hall–Kier alpha value is -3.36. The van der Waals surface area contributed by atoms with Crippen molar-refractivity contribution in [3.8, 4) is 5.75 Å². The number of hydrogen-bond acceptors (Lipinski definition) is 12. The maximum absolute atomic E-state index is 13.8. The Labute approximate surface area is 245 Å². The predicted octanol–water partition coefficient (Wildman–Crippen LogP) is 0.680. The van der Waals surface area contributed by atoms with E-state index in [1.165, 1.54) is 31.2 Å². The SMILES string of the molecule is C[C@@H]1O[C@@H](O[C@H]2[C@@H](O)C[C@H](c3ccc4c(c3O)C(=O)C3=C(C4=O)[C@@]4(O)C(=O)C[C@](C)(O)C[C@@]4(O)C=C3)O[C@@H]2C)C=CC1=O. The van der Waals surface area contributed by atoms with Crippen molar-refractivity contribution in [1.29, 1.82) is 0 Å². The van der Waals surface area contributed by atoms with Crippen molar-refractivity contribution in [3.63, 3.8) is 0 Å². The van der Waals surface area contributed by atoms with E-state index in [0.29, 0.717) is 0 Å². The van der Waals surface area contributed by atoms with Gasteiger partial charge in [0.2, 0.25) is 0 Å². The molecule has 9 atom stereocenters. The lowest BCUT2D eigenvalue weighted by atomic mass is 9.57. The summed E-state index contributed by atoms with van der Waals surface area (Å²) in [6.45, 7) is 4.56. The van der Waals surface area contributed by atoms with Gasteiger partial charge >= 0.3 is 0 Å². The molecular weight excluding hydrogens is 564 g/mol. The van der Waals surface area contributed by atoms with Gasteiger partial charge in [-0.2, -0.15) is 0 Å². The molecule has 2 heterocycles. The number of hydrogen-bond donors (Lipinski definition) is 5. The van der Waals surface area contributed by atoms with Gasteiger partial charge in [0.25, 0.3) is 0 Å². The van der Waals surface area contributed by atoms with Gasteiger partial charge in [0.1, 0.15) is 23.6 Å². The first-order valence-electron chi connectivity index (χ1n) is 14.0. The molecule has 3 aliphatic carbocycles. The molecule has 228 valence electrons. The molecule has 0 unspecified atom stereocenters. The van der Waals surface area contributed by atoms with Crippen LogP contribution in [0, 0.1) is 0 Å². The lowest BCUT2D eigenvalue weighted by Crippen LogP contribution is -2.69. The van der Waals surface area contributed by atoms with Gasteiger partial charge in [-0.1, -0.05) is 12.1 Å². The van der Waals surface area contributed by atoms with Crippen molar-refractivity contribution in [2.45, 2.75) is 93.6 Å². The number of fused-ring (bicyclic) bond motifs is 3. The third kappa shape index (κ3) is 4.40. The maximum Gasteiger partial charge on any atom is 0.198 e. The minimum atomic E-state index is -2.78. The second kappa shape index (κ2) is 9.83. The average Bonchev–Trinajstić information content (AvgIpc) is 2.91. The summed E-state index contributed by atoms with van der Waals surface area (Å²) < 4.78 is 17.4. The summed E-state index contributed by atoms with van der Waals surface area (Å²) in [5.41, 5.74) is -8.25. The molecule has 1 saturated carbocycles. The molecule has 43 heavy (non-hydrogen) atoms. The lowest BCUT2D eigenvalue weighted by molar-refractivity contribution is -0.243. The summed E-state index contributed by atoms with van der Waals surface area (Å²) in [5, 5.41) is 55.6. The number of phenols is 1. The number of ether oxygens (including phenoxy) is 3. The molecule has 0 spiro atoms. The number of carbonyl (C=O) groups is 4. The van der Waals surface area contributed by atoms with E-state index >= 15 is 0 Å². The molecule has 2 aliphatic heterocycles. The Morgan fingerprint density at radius 3 is 2.40 bits per heavy atom. The van der Waals surface area contributed by atoms with E-state index in [2.05, 4.69) is 0 Å². The van der Waals surface area contributed by atoms with Crippen molar-refractivity contribution in [2.24, 2.45) is 0 Å². The van der Waals surface area contributed by atoms with Crippen LogP contribution in [0.5, 0.6) is 5.75 Å². The zero-order chi connectivity index (χ0) is 31.2. The highest BCUT2D eigenvalue weighted by Gasteiger charge is 2.66. The summed E-state index contributed by atoms with van der Waals surface area (Å²) in [5.74, 6) is -3.56. The van der Waals surface area contributed by atoms with E-state index in [-0.39, 0.29) is 34.5 Å². The van der Waals surface area contributed by atoms with Crippen LogP contribution in [0.25, 0.3) is 0 Å². The molecule has 1 aromatic carbocycles. The van der Waals surface area contributed by atoms with Crippen LogP contribution in [-0.4, -0.2) is 96.2 Å². The fraction of sp³-hybridized carbons (Fsp3) is 0.484. The largest absolute Gasteiger partial charge is 0.507 e. The number of aliphatic hydroxyl groups excluding tert-OH is 1. The molecule has 2 fully saturated rings. The Morgan fingerprint density at radius 1 is 1.00 bits per heavy atom. The molecule has 1 aromatic rings. The summed E-state index contributed by atoms with van der Waals surface area (Å²) in [6, 6.07) is 2.62. The van der Waals surface area contributed by atoms with Crippen molar-refractivity contribution in [3.05, 3.63) is 64.3 Å². The van der Waals surface area contributed by atoms with Crippen LogP contribution in [0.3, 0.4) is 0 Å². The van der Waals surface area contributed by atoms with Crippen molar-refractivity contribution < 1.29 is 58.9 Å². The number of carbonyl (C=O) groups excluding carboxylic acids is 4. The average molecular weight is 597 g/mol. The molecular formula is C31H32O12. The van der Waals surface area contributed by atoms with Gasteiger partial charge in [0.05, 0.1) is 35.0 Å². The Morgan fingerprint density at radius 2 is 1.72 bits per heavy atom. The van der Waals surface area contributed by atoms with E-state index in [0.717, 1.165) is 12.2 Å². The Kier molecular flexibility index (Phi) is 6.79. The summed E-state index contributed by atoms with van der Waals surface area (Å²) in [6.07, 6.45) is -1.28. The standard InChI is InChI=1S/C31H32O12/c1-13-18(32)6-7-22(42-13)43-28-14(2)41-20(10-19(28)33)15-4-5-16-23(25(15)35)26(36)17-8-9-30(39)12-29(3,38)11-21(34)31(30,40)24(17)27(16)37/h4-9,13-14,19-20,22,28,33,35,38-40H,10-12H2,1-3H3/t13-,14+,19-,20+,22-,28+,29-,30-,31-/m0/s1. The van der Waals surface area contributed by atoms with Crippen LogP contribution in [0.2, 0.25) is 0 Å². The van der Waals surface area contributed by atoms with E-state index in [1.807, 2.05) is 0 Å². The van der Waals surface area contributed by atoms with Gasteiger partial charge in [-0.3, -0.25) is 19.2 Å². The number of benzene rings is 1. The Balaban J connectivity index is 1.30. The lowest BCUT2D eigenvalue weighted by Gasteiger charge is -2.51. The normalized spacial score (nSPS) is 40.8. The molecule has 0 radical (unpaired) electrons. The number of aromatic hydroxyl groups is 1. The van der Waals surface area contributed by atoms with Crippen molar-refractivity contribution in [1.82, 2.24) is 0 Å². The van der Waals surface area contributed by atoms with Crippen LogP contribution in [0.1, 0.15) is 72.4 Å². The number of phenolic OH excluding ortho intramolecular Hbond substituents is 1. The molecule has 5 N–H and O–H groups in total. The van der Waals surface area contributed by atoms with Crippen LogP contribution in [-0.2, 0) is 23.8 Å². The molecule has 12 heteroatoms. The van der Waals surface area contributed by atoms with Gasteiger partial charge < -0.3 is 39.7 Å². The predicted molar refractivity (Wildman–Crippen MR) is 145 cm³/mol. The second-order valence-corrected chi connectivity index (χ2v) is 12.3. The maximum atomic E-state index is 13.8. The molecule has 12 nitrogen and oxygen atoms in total. The van der Waals surface area contributed by atoms with Gasteiger partial charge in [0, 0.05) is 36.0 Å². The van der Waals surface area contributed by atoms with Crippen LogP contribution in [0.15, 0.2) is 47.6 Å². The van der Waals surface area contributed by atoms with Gasteiger partial charge in [0.15, 0.2) is 35.0 Å². The topological polar surface area (TPSA) is 197 Å². The van der Waals surface area contributed by atoms with E-state index < -0.39 is 95.1 Å². The molecule has 5 aliphatic rings. The molecule has 0 amide bonds. The summed E-state index contributed by atoms with van der Waals surface area (Å²) in [4.78, 5) is 52.3. The van der Waals surface area contributed by atoms with Crippen LogP contribution >= 0.6 is 0 Å². The fourth-order valence-electron chi connectivity index (χ4n) is 6.87. The highest BCUT2D eigenvalue weighted by atomic mass is 16.7. The fourth-order valence-corrected chi connectivity index (χ4v) is 6.87. The third-order valence-corrected chi connectivity index (χ3v) is 9.00. The number of aliphatic hydroxyl groups is 4. The van der Waals surface area contributed by atoms with Crippen molar-refractivity contribution in [2.75, 3.05) is 0 Å². The monoisotopic (exact) mass is 596 g/mol. The highest BCUT2D eigenvalue weighted by molar-refractivity contribution is 6.32. The quantitative estimate of drug-likeness (QED) is 0.328. The van der Waals surface area contributed by atoms with Crippen LogP contribution < -0.4 is 0 Å². The first-order chi connectivity index (χ1) is 20.1. The molecule has 0 bridgehead atoms. The highest BCUT2D eigenvalue weighted by Crippen LogP contribution is 2.52. The van der Waals surface area contributed by atoms with Crippen LogP contribution in [0.4, 0.5) is 0 Å². The number of allylic oxidation sites excluding steroid dienone is 2. The minimum absolute atomic E-state index is 0.0521. The third-order valence-electron chi connectivity index (χ3n) is 9.00. The summed E-state index contributed by atoms with van der Waals surface area (Å²) >= 11 is 0. The minimum Gasteiger partial charge on any atom is -0.507 e. The van der Waals surface area contributed by atoms with Crippen molar-refractivity contribution >= 4 is 23.1 Å². The first kappa shape index (κ1) is 29.7. The zero-order valence-electron chi connectivity index (χ0n) is 23.6. The zero-order valence-corrected chi connectivity index (χ0v) is 23.6. The smallest absolute Gasteiger partial charge is 0.198 e. The molecule has 0 aromatic heterocycles. The second-order valence-electron chi connectivity index (χ2n) is 12.3. The number of Topliss-reactive ketones (excluding diaryl/α,β-unsaturated/α-hetero) is 3. The van der Waals surface area contributed by atoms with Gasteiger partial charge in [-0.15, -0.1) is 0 Å². The first-order valence-corrected chi connectivity index (χ1v) is 14.0. The summed E-state index contributed by atoms with van der Waals surface area (Å²) in [7, 11) is 0. The van der Waals surface area contributed by atoms with E-state index in [1.54, 1.807) is 13.8 Å². The van der Waals surface area contributed by atoms with E-state index in [4.69, 9.17) is 14.2 Å². The van der Waals surface area contributed by atoms with Gasteiger partial charge in [-0.05, 0) is 45.1 Å². The van der Waals surface area contributed by atoms with E-state index in [9.17, 15) is 44.7 Å². The van der Waals surface area contributed by atoms with Gasteiger partial charge in [-0.25, -0.2) is 0 Å². The number of ketones is 4. The molecule has 6 rings (SSSR count). The number of rotatable bonds is 3.